The van der Waals surface area contributed by atoms with E-state index in [1.165, 1.54) is 0 Å². The molecule has 1 amide bonds. The van der Waals surface area contributed by atoms with Crippen molar-refractivity contribution in [3.8, 4) is 0 Å². The summed E-state index contributed by atoms with van der Waals surface area (Å²) in [5.74, 6) is -0.530. The molecular formula is C19H37Cl4N11O. The fourth-order valence-corrected chi connectivity index (χ4v) is 3.91. The van der Waals surface area contributed by atoms with E-state index in [0.717, 1.165) is 63.2 Å². The van der Waals surface area contributed by atoms with Crippen LogP contribution >= 0.6 is 48.8 Å². The average molecular weight is 577 g/mol. The predicted molar refractivity (Wildman–Crippen MR) is 148 cm³/mol. The third-order valence-electron chi connectivity index (χ3n) is 5.56. The number of hydrogen-bond acceptors (Lipinski definition) is 8. The van der Waals surface area contributed by atoms with Crippen LogP contribution in [0.2, 0.25) is 5.15 Å². The van der Waals surface area contributed by atoms with E-state index in [1.807, 2.05) is 0 Å². The summed E-state index contributed by atoms with van der Waals surface area (Å²) in [5, 5.41) is 17.6. The van der Waals surface area contributed by atoms with Crippen molar-refractivity contribution in [1.29, 1.82) is 10.8 Å². The van der Waals surface area contributed by atoms with Crippen LogP contribution in [0.4, 0.5) is 11.6 Å². The lowest BCUT2D eigenvalue weighted by molar-refractivity contribution is 0.0837. The molecule has 0 saturated carbocycles. The largest absolute Gasteiger partial charge is 0.382 e. The third kappa shape index (κ3) is 11.5. The highest BCUT2D eigenvalue weighted by atomic mass is 35.5. The maximum atomic E-state index is 12.7. The van der Waals surface area contributed by atoms with E-state index >= 15 is 0 Å². The second-order valence-electron chi connectivity index (χ2n) is 7.95. The van der Waals surface area contributed by atoms with E-state index < -0.39 is 5.91 Å². The van der Waals surface area contributed by atoms with Gasteiger partial charge in [0.15, 0.2) is 34.4 Å². The van der Waals surface area contributed by atoms with E-state index in [4.69, 9.17) is 45.4 Å². The molecule has 1 aromatic rings. The molecule has 0 radical (unpaired) electrons. The van der Waals surface area contributed by atoms with Gasteiger partial charge in [0.2, 0.25) is 0 Å². The first kappa shape index (κ1) is 35.2. The van der Waals surface area contributed by atoms with Crippen LogP contribution in [-0.4, -0.2) is 70.3 Å². The monoisotopic (exact) mass is 575 g/mol. The first-order chi connectivity index (χ1) is 15.2. The number of likely N-dealkylation sites (tertiary alicyclic amines) is 1. The Morgan fingerprint density at radius 1 is 1.06 bits per heavy atom. The van der Waals surface area contributed by atoms with Crippen LogP contribution in [0.5, 0.6) is 0 Å². The van der Waals surface area contributed by atoms with Crippen LogP contribution in [0, 0.1) is 16.7 Å². The van der Waals surface area contributed by atoms with Crippen molar-refractivity contribution < 1.29 is 4.79 Å². The van der Waals surface area contributed by atoms with Gasteiger partial charge in [0.05, 0.1) is 0 Å². The first-order valence-electron chi connectivity index (χ1n) is 10.7. The molecule has 1 aliphatic heterocycles. The highest BCUT2D eigenvalue weighted by Gasteiger charge is 2.24. The van der Waals surface area contributed by atoms with E-state index in [0.29, 0.717) is 18.9 Å². The topological polar surface area (TPSA) is 213 Å². The van der Waals surface area contributed by atoms with E-state index in [9.17, 15) is 4.79 Å². The molecule has 1 fully saturated rings. The summed E-state index contributed by atoms with van der Waals surface area (Å²) >= 11 is 5.86. The van der Waals surface area contributed by atoms with Crippen LogP contribution in [-0.2, 0) is 0 Å². The molecule has 1 saturated heterocycles. The second-order valence-corrected chi connectivity index (χ2v) is 8.31. The number of rotatable bonds is 10. The summed E-state index contributed by atoms with van der Waals surface area (Å²) in [7, 11) is 0. The number of hydrogen-bond donors (Lipinski definition) is 7. The van der Waals surface area contributed by atoms with Gasteiger partial charge in [-0.2, -0.15) is 0 Å². The van der Waals surface area contributed by atoms with Gasteiger partial charge in [0.25, 0.3) is 5.91 Å². The van der Waals surface area contributed by atoms with Gasteiger partial charge < -0.3 is 33.2 Å². The molecule has 2 rings (SSSR count). The Balaban J connectivity index is 0. The summed E-state index contributed by atoms with van der Waals surface area (Å²) in [6.45, 7) is 4.15. The number of piperidine rings is 1. The van der Waals surface area contributed by atoms with Crippen molar-refractivity contribution in [2.75, 3.05) is 44.2 Å². The quantitative estimate of drug-likeness (QED) is 0.122. The van der Waals surface area contributed by atoms with Crippen LogP contribution in [0.1, 0.15) is 49.0 Å². The number of nitrogens with zero attached hydrogens (tertiary/aromatic N) is 4. The highest BCUT2D eigenvalue weighted by molar-refractivity contribution is 6.31. The summed E-state index contributed by atoms with van der Waals surface area (Å²) in [4.78, 5) is 24.0. The normalized spacial score (nSPS) is 13.5. The third-order valence-corrected chi connectivity index (χ3v) is 5.84. The molecule has 0 atom stereocenters. The zero-order chi connectivity index (χ0) is 23.7. The fraction of sp³-hybridized carbons (Fsp3) is 0.632. The SMILES string of the molecule is Cl.Cl.Cl.N=C(N)NCCCN1CCC(CCCCN(C(=N)N)C(=O)c2nc(Cl)c(N)nc2N)CC1. The summed E-state index contributed by atoms with van der Waals surface area (Å²) in [6, 6.07) is 0. The van der Waals surface area contributed by atoms with Gasteiger partial charge in [-0.05, 0) is 51.2 Å². The molecule has 1 aromatic heterocycles. The zero-order valence-corrected chi connectivity index (χ0v) is 22.7. The van der Waals surface area contributed by atoms with Gasteiger partial charge in [-0.15, -0.1) is 37.2 Å². The number of carbonyl (C=O) groups is 1. The lowest BCUT2D eigenvalue weighted by Gasteiger charge is -2.32. The van der Waals surface area contributed by atoms with Gasteiger partial charge >= 0.3 is 0 Å². The summed E-state index contributed by atoms with van der Waals surface area (Å²) < 4.78 is 0. The Kier molecular flexibility index (Phi) is 17.5. The predicted octanol–water partition coefficient (Wildman–Crippen LogP) is 1.65. The first-order valence-corrected chi connectivity index (χ1v) is 11.1. The summed E-state index contributed by atoms with van der Waals surface area (Å²) in [5.41, 5.74) is 22.0. The Morgan fingerprint density at radius 3 is 2.26 bits per heavy atom. The molecule has 35 heavy (non-hydrogen) atoms. The number of anilines is 2. The van der Waals surface area contributed by atoms with Gasteiger partial charge in [-0.25, -0.2) is 9.97 Å². The smallest absolute Gasteiger partial charge is 0.283 e. The van der Waals surface area contributed by atoms with E-state index in [-0.39, 0.29) is 71.6 Å². The number of guanidine groups is 2. The van der Waals surface area contributed by atoms with Crippen molar-refractivity contribution in [2.45, 2.75) is 38.5 Å². The van der Waals surface area contributed by atoms with Crippen molar-refractivity contribution in [1.82, 2.24) is 25.1 Å². The Hall–Kier alpha value is -1.99. The Morgan fingerprint density at radius 2 is 1.69 bits per heavy atom. The number of halogens is 4. The van der Waals surface area contributed by atoms with Crippen molar-refractivity contribution in [3.05, 3.63) is 10.8 Å². The molecule has 0 aliphatic carbocycles. The number of nitrogens with one attached hydrogen (secondary N) is 3. The lowest BCUT2D eigenvalue weighted by atomic mass is 9.91. The maximum Gasteiger partial charge on any atom is 0.283 e. The minimum atomic E-state index is -0.614. The Bertz CT molecular complexity index is 822. The average Bonchev–Trinajstić information content (AvgIpc) is 2.74. The van der Waals surface area contributed by atoms with Crippen LogP contribution in [0.15, 0.2) is 0 Å². The van der Waals surface area contributed by atoms with Crippen LogP contribution < -0.4 is 28.3 Å². The molecule has 2 heterocycles. The van der Waals surface area contributed by atoms with Crippen molar-refractivity contribution in [3.63, 3.8) is 0 Å². The minimum absolute atomic E-state index is 0. The molecule has 0 unspecified atom stereocenters. The molecule has 202 valence electrons. The molecule has 0 bridgehead atoms. The molecular weight excluding hydrogens is 540 g/mol. The number of aromatic nitrogens is 2. The van der Waals surface area contributed by atoms with Crippen molar-refractivity contribution in [2.24, 2.45) is 17.4 Å². The lowest BCUT2D eigenvalue weighted by Crippen LogP contribution is -2.42. The fourth-order valence-electron chi connectivity index (χ4n) is 3.79. The second kappa shape index (κ2) is 17.4. The molecule has 12 nitrogen and oxygen atoms in total. The van der Waals surface area contributed by atoms with E-state index in [2.05, 4.69) is 20.2 Å². The van der Waals surface area contributed by atoms with Gasteiger partial charge in [0, 0.05) is 13.1 Å². The minimum Gasteiger partial charge on any atom is -0.382 e. The molecule has 11 N–H and O–H groups in total. The van der Waals surface area contributed by atoms with E-state index in [1.54, 1.807) is 0 Å². The number of amides is 1. The Labute approximate surface area is 229 Å². The van der Waals surface area contributed by atoms with Gasteiger partial charge in [-0.1, -0.05) is 24.4 Å². The number of nitrogens with two attached hydrogens (primary N) is 4. The highest BCUT2D eigenvalue weighted by Crippen LogP contribution is 2.23. The molecule has 0 aromatic carbocycles. The van der Waals surface area contributed by atoms with Gasteiger partial charge in [-0.3, -0.25) is 20.5 Å². The molecule has 1 aliphatic rings. The van der Waals surface area contributed by atoms with Crippen LogP contribution in [0.25, 0.3) is 0 Å². The number of unbranched alkanes of at least 4 members (excludes halogenated alkanes) is 1. The van der Waals surface area contributed by atoms with Crippen LogP contribution in [0.3, 0.4) is 0 Å². The van der Waals surface area contributed by atoms with Crippen molar-refractivity contribution >= 4 is 78.3 Å². The molecule has 0 spiro atoms. The van der Waals surface area contributed by atoms with Gasteiger partial charge in [0.1, 0.15) is 0 Å². The number of nitrogen functional groups attached to an aromatic ring is 2. The maximum absolute atomic E-state index is 12.7. The molecule has 16 heteroatoms. The zero-order valence-electron chi connectivity index (χ0n) is 19.5. The summed E-state index contributed by atoms with van der Waals surface area (Å²) in [6.07, 6.45) is 5.95. The standard InChI is InChI=1S/C19H34ClN11O.3ClH/c20-14-16(22)29-15(21)13(28-14)17(32)31(19(25)26)9-2-1-4-12-5-10-30(11-6-12)8-3-7-27-18(23)24;;;/h12H,1-11H2,(H3,25,26)(H4,21,22,29)(H4,23,24,27);3*1H. The number of carbonyl (C=O) groups excluding carboxylic acids is 1.